The number of hydrogen-bond acceptors (Lipinski definition) is 5. The minimum Gasteiger partial charge on any atom is -0.488 e. The van der Waals surface area contributed by atoms with Crippen LogP contribution in [0.25, 0.3) is 0 Å². The fourth-order valence-electron chi connectivity index (χ4n) is 2.85. The number of halogens is 2. The van der Waals surface area contributed by atoms with Gasteiger partial charge in [-0.3, -0.25) is 9.48 Å². The topological polar surface area (TPSA) is 77.4 Å². The van der Waals surface area contributed by atoms with Crippen molar-refractivity contribution in [2.75, 3.05) is 38.7 Å². The summed E-state index contributed by atoms with van der Waals surface area (Å²) in [5, 5.41) is 10.3. The quantitative estimate of drug-likeness (QED) is 0.701. The molecule has 9 heteroatoms. The van der Waals surface area contributed by atoms with Gasteiger partial charge in [0.25, 0.3) is 5.91 Å². The Morgan fingerprint density at radius 2 is 2.26 bits per heavy atom. The second-order valence-corrected chi connectivity index (χ2v) is 6.12. The number of rotatable bonds is 7. The second-order valence-electron chi connectivity index (χ2n) is 6.12. The molecule has 2 N–H and O–H groups in total. The molecule has 1 saturated heterocycles. The number of nitrogens with one attached hydrogen (secondary N) is 2. The summed E-state index contributed by atoms with van der Waals surface area (Å²) in [6.45, 7) is 2.49. The second kappa shape index (κ2) is 10.2. The molecular weight excluding hydrogens is 375 g/mol. The molecule has 1 aromatic heterocycles. The van der Waals surface area contributed by atoms with Gasteiger partial charge in [-0.25, -0.2) is 4.39 Å². The number of piperidine rings is 1. The maximum absolute atomic E-state index is 14.0. The van der Waals surface area contributed by atoms with Crippen molar-refractivity contribution >= 4 is 24.0 Å². The average Bonchev–Trinajstić information content (AvgIpc) is 3.15. The molecular formula is C18H24ClFN4O3. The summed E-state index contributed by atoms with van der Waals surface area (Å²) in [6.07, 6.45) is 3.93. The molecule has 1 amide bonds. The van der Waals surface area contributed by atoms with E-state index < -0.39 is 5.82 Å². The van der Waals surface area contributed by atoms with Gasteiger partial charge in [0.15, 0.2) is 17.3 Å². The van der Waals surface area contributed by atoms with Gasteiger partial charge in [0.05, 0.1) is 12.6 Å². The predicted octanol–water partition coefficient (Wildman–Crippen LogP) is 2.65. The Balaban J connectivity index is 0.00000261. The third kappa shape index (κ3) is 5.66. The van der Waals surface area contributed by atoms with Crippen molar-refractivity contribution in [3.63, 3.8) is 0 Å². The first-order valence-electron chi connectivity index (χ1n) is 8.66. The van der Waals surface area contributed by atoms with Crippen LogP contribution in [0.1, 0.15) is 29.4 Å². The van der Waals surface area contributed by atoms with Gasteiger partial charge >= 0.3 is 0 Å². The van der Waals surface area contributed by atoms with E-state index in [1.54, 1.807) is 25.4 Å². The van der Waals surface area contributed by atoms with E-state index in [0.717, 1.165) is 25.9 Å². The molecule has 1 aromatic carbocycles. The number of methoxy groups -OCH3 is 1. The van der Waals surface area contributed by atoms with Crippen molar-refractivity contribution in [3.05, 3.63) is 42.0 Å². The number of carbonyl (C=O) groups excluding carboxylic acids is 1. The molecule has 2 heterocycles. The van der Waals surface area contributed by atoms with Gasteiger partial charge in [0.2, 0.25) is 0 Å². The molecule has 148 valence electrons. The molecule has 1 aliphatic heterocycles. The summed E-state index contributed by atoms with van der Waals surface area (Å²) in [5.41, 5.74) is 0.650. The molecule has 1 unspecified atom stereocenters. The Morgan fingerprint density at radius 1 is 1.41 bits per heavy atom. The number of anilines is 1. The van der Waals surface area contributed by atoms with E-state index in [1.165, 1.54) is 12.1 Å². The fraction of sp³-hybridized carbons (Fsp3) is 0.444. The molecule has 0 spiro atoms. The molecule has 0 saturated carbocycles. The van der Waals surface area contributed by atoms with Crippen molar-refractivity contribution in [2.24, 2.45) is 0 Å². The van der Waals surface area contributed by atoms with E-state index >= 15 is 0 Å². The predicted molar refractivity (Wildman–Crippen MR) is 102 cm³/mol. The standard InChI is InChI=1S/C18H23FN4O3.ClH/c1-25-9-10-26-17-5-4-13(11-15(17)19)21-18(24)16-6-8-23(22-16)14-3-2-7-20-12-14;/h4-6,8,11,14,20H,2-3,7,9-10,12H2,1H3,(H,21,24);1H. The number of hydrogen-bond donors (Lipinski definition) is 2. The SMILES string of the molecule is COCCOc1ccc(NC(=O)c2ccn(C3CCCNC3)n2)cc1F.Cl. The molecule has 1 fully saturated rings. The highest BCUT2D eigenvalue weighted by atomic mass is 35.5. The van der Waals surface area contributed by atoms with Crippen LogP contribution in [-0.4, -0.2) is 49.1 Å². The van der Waals surface area contributed by atoms with Gasteiger partial charge in [-0.1, -0.05) is 0 Å². The molecule has 0 aliphatic carbocycles. The van der Waals surface area contributed by atoms with Crippen LogP contribution < -0.4 is 15.4 Å². The van der Waals surface area contributed by atoms with E-state index in [2.05, 4.69) is 15.7 Å². The van der Waals surface area contributed by atoms with Crippen molar-refractivity contribution in [2.45, 2.75) is 18.9 Å². The first-order valence-corrected chi connectivity index (χ1v) is 8.66. The van der Waals surface area contributed by atoms with Crippen molar-refractivity contribution in [1.29, 1.82) is 0 Å². The van der Waals surface area contributed by atoms with Gasteiger partial charge in [0, 0.05) is 31.6 Å². The van der Waals surface area contributed by atoms with Crippen LogP contribution in [0.5, 0.6) is 5.75 Å². The summed E-state index contributed by atoms with van der Waals surface area (Å²) < 4.78 is 26.0. The zero-order valence-electron chi connectivity index (χ0n) is 15.1. The zero-order valence-corrected chi connectivity index (χ0v) is 15.9. The maximum Gasteiger partial charge on any atom is 0.276 e. The number of benzene rings is 1. The van der Waals surface area contributed by atoms with Gasteiger partial charge in [-0.15, -0.1) is 12.4 Å². The lowest BCUT2D eigenvalue weighted by Crippen LogP contribution is -2.32. The molecule has 2 aromatic rings. The number of amides is 1. The lowest BCUT2D eigenvalue weighted by atomic mass is 10.1. The van der Waals surface area contributed by atoms with Crippen LogP contribution in [0, 0.1) is 5.82 Å². The smallest absolute Gasteiger partial charge is 0.276 e. The minimum absolute atomic E-state index is 0. The van der Waals surface area contributed by atoms with Crippen molar-refractivity contribution in [1.82, 2.24) is 15.1 Å². The Hall–Kier alpha value is -2.16. The van der Waals surface area contributed by atoms with Crippen LogP contribution in [0.15, 0.2) is 30.5 Å². The van der Waals surface area contributed by atoms with E-state index in [0.29, 0.717) is 18.0 Å². The summed E-state index contributed by atoms with van der Waals surface area (Å²) >= 11 is 0. The van der Waals surface area contributed by atoms with Crippen LogP contribution in [-0.2, 0) is 4.74 Å². The molecule has 3 rings (SSSR count). The van der Waals surface area contributed by atoms with Gasteiger partial charge in [0.1, 0.15) is 6.61 Å². The molecule has 0 radical (unpaired) electrons. The maximum atomic E-state index is 14.0. The highest BCUT2D eigenvalue weighted by Gasteiger charge is 2.18. The van der Waals surface area contributed by atoms with Crippen LogP contribution in [0.3, 0.4) is 0 Å². The van der Waals surface area contributed by atoms with Crippen molar-refractivity contribution in [3.8, 4) is 5.75 Å². The summed E-state index contributed by atoms with van der Waals surface area (Å²) in [5.74, 6) is -0.799. The van der Waals surface area contributed by atoms with E-state index in [1.807, 2.05) is 4.68 Å². The highest BCUT2D eigenvalue weighted by Crippen LogP contribution is 2.22. The first kappa shape index (κ1) is 21.1. The molecule has 1 aliphatic rings. The zero-order chi connectivity index (χ0) is 18.4. The molecule has 1 atom stereocenters. The normalized spacial score (nSPS) is 16.4. The summed E-state index contributed by atoms with van der Waals surface area (Å²) in [6, 6.07) is 6.22. The Labute approximate surface area is 163 Å². The number of nitrogens with zero attached hydrogens (tertiary/aromatic N) is 2. The lowest BCUT2D eigenvalue weighted by molar-refractivity contribution is 0.102. The molecule has 7 nitrogen and oxygen atoms in total. The minimum atomic E-state index is -0.544. The number of aromatic nitrogens is 2. The third-order valence-corrected chi connectivity index (χ3v) is 4.22. The van der Waals surface area contributed by atoms with Crippen molar-refractivity contribution < 1.29 is 18.7 Å². The van der Waals surface area contributed by atoms with Gasteiger partial charge < -0.3 is 20.1 Å². The first-order chi connectivity index (χ1) is 12.7. The Bertz CT molecular complexity index is 750. The lowest BCUT2D eigenvalue weighted by Gasteiger charge is -2.22. The largest absolute Gasteiger partial charge is 0.488 e. The van der Waals surface area contributed by atoms with Gasteiger partial charge in [-0.2, -0.15) is 5.10 Å². The number of ether oxygens (including phenoxy) is 2. The Morgan fingerprint density at radius 3 is 2.96 bits per heavy atom. The highest BCUT2D eigenvalue weighted by molar-refractivity contribution is 6.02. The van der Waals surface area contributed by atoms with Crippen LogP contribution >= 0.6 is 12.4 Å². The van der Waals surface area contributed by atoms with Crippen LogP contribution in [0.2, 0.25) is 0 Å². The number of carbonyl (C=O) groups is 1. The summed E-state index contributed by atoms with van der Waals surface area (Å²) in [4.78, 5) is 12.3. The molecule has 27 heavy (non-hydrogen) atoms. The average molecular weight is 399 g/mol. The van der Waals surface area contributed by atoms with E-state index in [4.69, 9.17) is 9.47 Å². The molecule has 0 bridgehead atoms. The van der Waals surface area contributed by atoms with Crippen LogP contribution in [0.4, 0.5) is 10.1 Å². The van der Waals surface area contributed by atoms with Gasteiger partial charge in [-0.05, 0) is 37.6 Å². The third-order valence-electron chi connectivity index (χ3n) is 4.22. The van der Waals surface area contributed by atoms with E-state index in [9.17, 15) is 9.18 Å². The summed E-state index contributed by atoms with van der Waals surface area (Å²) in [7, 11) is 1.55. The van der Waals surface area contributed by atoms with E-state index in [-0.39, 0.29) is 36.7 Å². The fourth-order valence-corrected chi connectivity index (χ4v) is 2.85. The Kier molecular flexibility index (Phi) is 8.02. The monoisotopic (exact) mass is 398 g/mol.